The number of hydrogen-bond acceptors (Lipinski definition) is 8. The first-order chi connectivity index (χ1) is 15.1. The summed E-state index contributed by atoms with van der Waals surface area (Å²) in [7, 11) is -4.78. The molecular formula is C19H25FN3O8P. The smallest absolute Gasteiger partial charge is 0.442 e. The maximum absolute atomic E-state index is 14.7. The van der Waals surface area contributed by atoms with Crippen molar-refractivity contribution in [3.05, 3.63) is 24.0 Å². The van der Waals surface area contributed by atoms with E-state index >= 15 is 0 Å². The number of amides is 2. The first kappa shape index (κ1) is 24.0. The lowest BCUT2D eigenvalue weighted by Crippen LogP contribution is -2.37. The average molecular weight is 473 g/mol. The van der Waals surface area contributed by atoms with Crippen LogP contribution in [0, 0.1) is 5.82 Å². The van der Waals surface area contributed by atoms with Gasteiger partial charge in [-0.2, -0.15) is 0 Å². The monoisotopic (exact) mass is 473 g/mol. The Morgan fingerprint density at radius 1 is 1.34 bits per heavy atom. The summed E-state index contributed by atoms with van der Waals surface area (Å²) in [6, 6.07) is 4.34. The van der Waals surface area contributed by atoms with Crippen molar-refractivity contribution in [1.82, 2.24) is 4.67 Å². The Balaban J connectivity index is 1.71. The van der Waals surface area contributed by atoms with Crippen LogP contribution in [0.3, 0.4) is 0 Å². The van der Waals surface area contributed by atoms with Gasteiger partial charge in [0.05, 0.1) is 37.7 Å². The van der Waals surface area contributed by atoms with Gasteiger partial charge in [-0.15, -0.1) is 0 Å². The van der Waals surface area contributed by atoms with Crippen molar-refractivity contribution in [2.24, 2.45) is 0 Å². The Morgan fingerprint density at radius 2 is 2.03 bits per heavy atom. The van der Waals surface area contributed by atoms with E-state index in [0.717, 1.165) is 11.8 Å². The third-order valence-electron chi connectivity index (χ3n) is 5.02. The number of carbonyl (C=O) groups excluding carboxylic acids is 3. The Bertz CT molecular complexity index is 939. The molecule has 3 rings (SSSR count). The molecule has 2 atom stereocenters. The van der Waals surface area contributed by atoms with Gasteiger partial charge in [-0.25, -0.2) is 18.4 Å². The van der Waals surface area contributed by atoms with Crippen LogP contribution in [0.2, 0.25) is 0 Å². The summed E-state index contributed by atoms with van der Waals surface area (Å²) in [5, 5.41) is 0. The number of benzene rings is 1. The van der Waals surface area contributed by atoms with Gasteiger partial charge < -0.3 is 18.9 Å². The second-order valence-electron chi connectivity index (χ2n) is 7.26. The molecule has 32 heavy (non-hydrogen) atoms. The van der Waals surface area contributed by atoms with Gasteiger partial charge in [-0.1, -0.05) is 6.92 Å². The topological polar surface area (TPSA) is 126 Å². The summed E-state index contributed by atoms with van der Waals surface area (Å²) in [5.74, 6) is -2.31. The quantitative estimate of drug-likeness (QED) is 0.591. The summed E-state index contributed by atoms with van der Waals surface area (Å²) in [4.78, 5) is 48.7. The molecule has 0 spiro atoms. The number of rotatable bonds is 7. The van der Waals surface area contributed by atoms with E-state index in [1.54, 1.807) is 12.1 Å². The third-order valence-corrected chi connectivity index (χ3v) is 6.52. The molecule has 176 valence electrons. The van der Waals surface area contributed by atoms with Crippen molar-refractivity contribution in [3.8, 4) is 0 Å². The predicted molar refractivity (Wildman–Crippen MR) is 111 cm³/mol. The molecule has 2 aliphatic rings. The molecule has 0 bridgehead atoms. The van der Waals surface area contributed by atoms with Crippen LogP contribution in [-0.2, 0) is 28.2 Å². The molecule has 0 aromatic heterocycles. The zero-order chi connectivity index (χ0) is 23.5. The maximum Gasteiger partial charge on any atom is 0.490 e. The molecule has 2 saturated heterocycles. The second kappa shape index (κ2) is 9.85. The average Bonchev–Trinajstić information content (AvgIpc) is 3.12. The van der Waals surface area contributed by atoms with Gasteiger partial charge in [-0.3, -0.25) is 19.4 Å². The third kappa shape index (κ3) is 5.37. The molecule has 1 N–H and O–H groups in total. The highest BCUT2D eigenvalue weighted by molar-refractivity contribution is 7.51. The zero-order valence-electron chi connectivity index (χ0n) is 17.7. The predicted octanol–water partition coefficient (Wildman–Crippen LogP) is 1.89. The number of cyclic esters (lactones) is 1. The van der Waals surface area contributed by atoms with Gasteiger partial charge >= 0.3 is 19.8 Å². The van der Waals surface area contributed by atoms with Crippen molar-refractivity contribution in [1.29, 1.82) is 0 Å². The fraction of sp³-hybridized carbons (Fsp3) is 0.526. The zero-order valence-corrected chi connectivity index (χ0v) is 18.6. The van der Waals surface area contributed by atoms with E-state index in [4.69, 9.17) is 9.47 Å². The SMILES string of the molecule is CCC(=O)OP(=O)(O)N(CC1CN(c2ccc(N3CCOCC3)c(F)c2)C(=O)O1)C(C)=O. The number of morpholine rings is 1. The lowest BCUT2D eigenvalue weighted by molar-refractivity contribution is -0.135. The summed E-state index contributed by atoms with van der Waals surface area (Å²) >= 11 is 0. The molecule has 1 aromatic carbocycles. The van der Waals surface area contributed by atoms with Crippen LogP contribution in [-0.4, -0.2) is 73.0 Å². The van der Waals surface area contributed by atoms with Crippen LogP contribution in [0.5, 0.6) is 0 Å². The van der Waals surface area contributed by atoms with Crippen LogP contribution in [0.1, 0.15) is 20.3 Å². The fourth-order valence-corrected chi connectivity index (χ4v) is 4.64. The molecule has 2 amide bonds. The molecule has 0 saturated carbocycles. The van der Waals surface area contributed by atoms with Crippen molar-refractivity contribution >= 4 is 37.1 Å². The molecule has 2 heterocycles. The maximum atomic E-state index is 14.7. The van der Waals surface area contributed by atoms with E-state index in [1.807, 2.05) is 4.90 Å². The summed E-state index contributed by atoms with van der Waals surface area (Å²) in [6.07, 6.45) is -1.95. The molecule has 13 heteroatoms. The number of hydrogen-bond donors (Lipinski definition) is 1. The Hall–Kier alpha value is -2.69. The van der Waals surface area contributed by atoms with E-state index in [1.165, 1.54) is 13.0 Å². The van der Waals surface area contributed by atoms with Gasteiger partial charge in [0, 0.05) is 26.4 Å². The van der Waals surface area contributed by atoms with E-state index < -0.39 is 44.2 Å². The molecule has 2 unspecified atom stereocenters. The highest BCUT2D eigenvalue weighted by atomic mass is 31.2. The number of ether oxygens (including phenoxy) is 2. The van der Waals surface area contributed by atoms with Crippen molar-refractivity contribution in [2.75, 3.05) is 49.2 Å². The Labute approximate surface area is 184 Å². The first-order valence-corrected chi connectivity index (χ1v) is 11.6. The Morgan fingerprint density at radius 3 is 2.62 bits per heavy atom. The minimum Gasteiger partial charge on any atom is -0.442 e. The number of anilines is 2. The summed E-state index contributed by atoms with van der Waals surface area (Å²) in [6.45, 7) is 3.98. The molecule has 11 nitrogen and oxygen atoms in total. The van der Waals surface area contributed by atoms with Crippen LogP contribution in [0.25, 0.3) is 0 Å². The molecule has 0 radical (unpaired) electrons. The largest absolute Gasteiger partial charge is 0.490 e. The van der Waals surface area contributed by atoms with Crippen molar-refractivity contribution in [2.45, 2.75) is 26.4 Å². The fourth-order valence-electron chi connectivity index (χ4n) is 3.40. The van der Waals surface area contributed by atoms with Gasteiger partial charge in [0.2, 0.25) is 5.91 Å². The van der Waals surface area contributed by atoms with E-state index in [-0.39, 0.29) is 18.7 Å². The second-order valence-corrected chi connectivity index (χ2v) is 8.91. The minimum atomic E-state index is -4.78. The number of carbonyl (C=O) groups is 3. The van der Waals surface area contributed by atoms with Crippen molar-refractivity contribution in [3.63, 3.8) is 0 Å². The van der Waals surface area contributed by atoms with Crippen LogP contribution >= 0.6 is 7.75 Å². The van der Waals surface area contributed by atoms with Gasteiger partial charge in [-0.05, 0) is 18.2 Å². The normalized spacial score (nSPS) is 20.5. The minimum absolute atomic E-state index is 0.0965. The molecule has 2 aliphatic heterocycles. The molecular weight excluding hydrogens is 448 g/mol. The Kier molecular flexibility index (Phi) is 7.37. The van der Waals surface area contributed by atoms with Gasteiger partial charge in [0.15, 0.2) is 0 Å². The van der Waals surface area contributed by atoms with Crippen LogP contribution in [0.15, 0.2) is 18.2 Å². The summed E-state index contributed by atoms with van der Waals surface area (Å²) in [5.41, 5.74) is 0.633. The lowest BCUT2D eigenvalue weighted by Gasteiger charge is -2.29. The molecule has 0 aliphatic carbocycles. The van der Waals surface area contributed by atoms with Crippen LogP contribution < -0.4 is 9.80 Å². The van der Waals surface area contributed by atoms with Crippen LogP contribution in [0.4, 0.5) is 20.6 Å². The highest BCUT2D eigenvalue weighted by Gasteiger charge is 2.41. The lowest BCUT2D eigenvalue weighted by atomic mass is 10.2. The van der Waals surface area contributed by atoms with E-state index in [9.17, 15) is 28.2 Å². The van der Waals surface area contributed by atoms with E-state index in [2.05, 4.69) is 4.52 Å². The number of halogens is 1. The standard InChI is InChI=1S/C19H25FN3O8P/c1-3-18(25)31-32(27,28)23(13(2)24)12-15-11-22(19(26)30-15)14-4-5-17(16(20)10-14)21-6-8-29-9-7-21/h4-5,10,15H,3,6-9,11-12H2,1-2H3,(H,27,28). The first-order valence-electron chi connectivity index (χ1n) is 10.1. The highest BCUT2D eigenvalue weighted by Crippen LogP contribution is 2.47. The molecule has 2 fully saturated rings. The van der Waals surface area contributed by atoms with E-state index in [0.29, 0.717) is 36.7 Å². The molecule has 1 aromatic rings. The van der Waals surface area contributed by atoms with Gasteiger partial charge in [0.25, 0.3) is 0 Å². The van der Waals surface area contributed by atoms with Crippen molar-refractivity contribution < 1.29 is 42.2 Å². The summed E-state index contributed by atoms with van der Waals surface area (Å²) < 4.78 is 42.5. The van der Waals surface area contributed by atoms with Gasteiger partial charge in [0.1, 0.15) is 11.9 Å². The number of nitrogens with zero attached hydrogens (tertiary/aromatic N) is 3.